The van der Waals surface area contributed by atoms with Crippen molar-refractivity contribution in [2.75, 3.05) is 17.1 Å². The second kappa shape index (κ2) is 9.78. The normalized spacial score (nSPS) is 18.2. The first-order chi connectivity index (χ1) is 18.5. The Morgan fingerprint density at radius 3 is 2.13 bits per heavy atom. The minimum absolute atomic E-state index is 0.0986. The molecule has 6 rings (SSSR count). The summed E-state index contributed by atoms with van der Waals surface area (Å²) in [6.07, 6.45) is 0. The van der Waals surface area contributed by atoms with Gasteiger partial charge in [-0.15, -0.1) is 0 Å². The first kappa shape index (κ1) is 24.5. The van der Waals surface area contributed by atoms with Crippen molar-refractivity contribution < 1.29 is 9.53 Å². The number of methoxy groups -OCH3 is 1. The van der Waals surface area contributed by atoms with Gasteiger partial charge in [-0.05, 0) is 60.3 Å². The molecule has 1 spiro atoms. The smallest absolute Gasteiger partial charge is 0.234 e. The monoisotopic (exact) mass is 582 g/mol. The van der Waals surface area contributed by atoms with Crippen molar-refractivity contribution >= 4 is 55.6 Å². The van der Waals surface area contributed by atoms with Gasteiger partial charge in [0.2, 0.25) is 4.99 Å². The van der Waals surface area contributed by atoms with E-state index in [1.165, 1.54) is 11.8 Å². The molecule has 1 unspecified atom stereocenters. The number of hydrazone groups is 2. The second-order valence-electron chi connectivity index (χ2n) is 8.83. The van der Waals surface area contributed by atoms with Gasteiger partial charge in [0.15, 0.2) is 10.8 Å². The molecule has 2 heterocycles. The summed E-state index contributed by atoms with van der Waals surface area (Å²) in [5.74, 6) is 0.642. The maximum Gasteiger partial charge on any atom is 0.234 e. The molecular weight excluding hydrogens is 560 g/mol. The Morgan fingerprint density at radius 1 is 0.816 bits per heavy atom. The Kier molecular flexibility index (Phi) is 6.29. The molecule has 0 N–H and O–H groups in total. The van der Waals surface area contributed by atoms with Gasteiger partial charge in [0, 0.05) is 28.1 Å². The highest BCUT2D eigenvalue weighted by Gasteiger charge is 2.55. The van der Waals surface area contributed by atoms with Crippen molar-refractivity contribution in [2.45, 2.75) is 11.9 Å². The third-order valence-corrected chi connectivity index (χ3v) is 8.42. The van der Waals surface area contributed by atoms with Gasteiger partial charge in [-0.1, -0.05) is 70.5 Å². The number of rotatable bonds is 5. The van der Waals surface area contributed by atoms with Crippen LogP contribution in [0.5, 0.6) is 5.75 Å². The number of carbonyl (C=O) groups is 1. The number of nitrogens with zero attached hydrogens (tertiary/aromatic N) is 4. The van der Waals surface area contributed by atoms with Crippen LogP contribution in [-0.2, 0) is 9.79 Å². The zero-order valence-electron chi connectivity index (χ0n) is 20.7. The third kappa shape index (κ3) is 4.01. The van der Waals surface area contributed by atoms with Crippen molar-refractivity contribution in [3.05, 3.63) is 124 Å². The highest BCUT2D eigenvalue weighted by Crippen LogP contribution is 2.55. The molecule has 0 saturated heterocycles. The van der Waals surface area contributed by atoms with Crippen molar-refractivity contribution in [3.8, 4) is 5.75 Å². The molecule has 0 fully saturated rings. The van der Waals surface area contributed by atoms with Crippen molar-refractivity contribution in [3.63, 3.8) is 0 Å². The van der Waals surface area contributed by atoms with Crippen LogP contribution in [0.3, 0.4) is 0 Å². The molecule has 0 saturated carbocycles. The summed E-state index contributed by atoms with van der Waals surface area (Å²) >= 11 is 4.95. The quantitative estimate of drug-likeness (QED) is 0.253. The van der Waals surface area contributed by atoms with Crippen molar-refractivity contribution in [1.82, 2.24) is 0 Å². The number of carbonyl (C=O) groups excluding carboxylic acids is 1. The number of ether oxygens (including phenoxy) is 1. The fraction of sp³-hybridized carbons (Fsp3) is 0.100. The van der Waals surface area contributed by atoms with E-state index in [2.05, 4.69) is 40.2 Å². The van der Waals surface area contributed by atoms with E-state index in [0.717, 1.165) is 44.0 Å². The molecule has 0 aromatic heterocycles. The molecular formula is C30H23BrN4O2S. The van der Waals surface area contributed by atoms with Crippen LogP contribution in [0, 0.1) is 0 Å². The molecule has 0 bridgehead atoms. The van der Waals surface area contributed by atoms with Crippen LogP contribution in [0.15, 0.2) is 118 Å². The first-order valence-corrected chi connectivity index (χ1v) is 13.6. The van der Waals surface area contributed by atoms with Gasteiger partial charge in [-0.2, -0.15) is 10.2 Å². The van der Waals surface area contributed by atoms with E-state index in [1.54, 1.807) is 14.0 Å². The summed E-state index contributed by atoms with van der Waals surface area (Å²) in [7, 11) is 1.64. The maximum absolute atomic E-state index is 12.8. The highest BCUT2D eigenvalue weighted by molar-refractivity contribution is 9.10. The molecule has 2 aliphatic heterocycles. The molecule has 188 valence electrons. The Hall–Kier alpha value is -3.88. The SMILES string of the molecule is COc1ccc(N2N=C(C(C)=O)SC23c2ccccc2C(c2ccc(Br)cc2)=NN3c2ccccc2)cc1. The van der Waals surface area contributed by atoms with Gasteiger partial charge < -0.3 is 4.74 Å². The van der Waals surface area contributed by atoms with Crippen LogP contribution < -0.4 is 14.8 Å². The molecule has 8 heteroatoms. The van der Waals surface area contributed by atoms with E-state index >= 15 is 0 Å². The largest absolute Gasteiger partial charge is 0.497 e. The minimum atomic E-state index is -0.980. The standard InChI is InChI=1S/C30H23BrN4O2S/c1-20(36)29-33-35(24-16-18-25(37-2)19-17-24)30(38-29)27-11-7-6-10-26(27)28(21-12-14-22(31)15-13-21)32-34(30)23-8-4-3-5-9-23/h3-19H,1-2H3. The number of hydrogen-bond acceptors (Lipinski definition) is 7. The molecule has 0 amide bonds. The Labute approximate surface area is 233 Å². The van der Waals surface area contributed by atoms with E-state index in [-0.39, 0.29) is 5.78 Å². The molecule has 38 heavy (non-hydrogen) atoms. The molecule has 1 atom stereocenters. The Balaban J connectivity index is 1.64. The lowest BCUT2D eigenvalue weighted by Crippen LogP contribution is -2.54. The summed E-state index contributed by atoms with van der Waals surface area (Å²) in [4.78, 5) is 11.8. The second-order valence-corrected chi connectivity index (χ2v) is 10.9. The van der Waals surface area contributed by atoms with Crippen molar-refractivity contribution in [1.29, 1.82) is 0 Å². The van der Waals surface area contributed by atoms with Gasteiger partial charge in [0.05, 0.1) is 24.2 Å². The van der Waals surface area contributed by atoms with Crippen LogP contribution in [-0.4, -0.2) is 23.6 Å². The number of anilines is 2. The molecule has 6 nitrogen and oxygen atoms in total. The van der Waals surface area contributed by atoms with Gasteiger partial charge in [0.25, 0.3) is 0 Å². The fourth-order valence-corrected chi connectivity index (χ4v) is 6.24. The number of thioether (sulfide) groups is 1. The number of fused-ring (bicyclic) bond motifs is 2. The number of ketones is 1. The zero-order valence-corrected chi connectivity index (χ0v) is 23.1. The Bertz CT molecular complexity index is 1570. The van der Waals surface area contributed by atoms with Gasteiger partial charge in [-0.3, -0.25) is 4.79 Å². The molecule has 0 radical (unpaired) electrons. The molecule has 4 aromatic carbocycles. The summed E-state index contributed by atoms with van der Waals surface area (Å²) in [5, 5.41) is 14.5. The Morgan fingerprint density at radius 2 is 1.45 bits per heavy atom. The molecule has 2 aliphatic rings. The van der Waals surface area contributed by atoms with Gasteiger partial charge in [-0.25, -0.2) is 10.0 Å². The summed E-state index contributed by atoms with van der Waals surface area (Å²) in [6.45, 7) is 1.55. The fourth-order valence-electron chi connectivity index (χ4n) is 4.69. The lowest BCUT2D eigenvalue weighted by molar-refractivity contribution is -0.110. The number of halogens is 1. The van der Waals surface area contributed by atoms with Crippen LogP contribution in [0.2, 0.25) is 0 Å². The zero-order chi connectivity index (χ0) is 26.3. The van der Waals surface area contributed by atoms with Crippen LogP contribution in [0.25, 0.3) is 0 Å². The van der Waals surface area contributed by atoms with Crippen LogP contribution in [0.4, 0.5) is 11.4 Å². The average molecular weight is 584 g/mol. The predicted molar refractivity (Wildman–Crippen MR) is 158 cm³/mol. The van der Waals surface area contributed by atoms with Crippen LogP contribution >= 0.6 is 27.7 Å². The van der Waals surface area contributed by atoms with Gasteiger partial charge in [0.1, 0.15) is 5.75 Å². The summed E-state index contributed by atoms with van der Waals surface area (Å²) in [5.41, 5.74) is 5.48. The first-order valence-electron chi connectivity index (χ1n) is 12.0. The van der Waals surface area contributed by atoms with E-state index < -0.39 is 4.99 Å². The van der Waals surface area contributed by atoms with E-state index in [0.29, 0.717) is 5.04 Å². The van der Waals surface area contributed by atoms with E-state index in [9.17, 15) is 4.79 Å². The third-order valence-electron chi connectivity index (χ3n) is 6.47. The molecule has 0 aliphatic carbocycles. The number of para-hydroxylation sites is 1. The van der Waals surface area contributed by atoms with Crippen molar-refractivity contribution in [2.24, 2.45) is 10.2 Å². The summed E-state index contributed by atoms with van der Waals surface area (Å²) in [6, 6.07) is 34.1. The van der Waals surface area contributed by atoms with E-state index in [4.69, 9.17) is 14.9 Å². The highest BCUT2D eigenvalue weighted by atomic mass is 79.9. The lowest BCUT2D eigenvalue weighted by Gasteiger charge is -2.47. The average Bonchev–Trinajstić information content (AvgIpc) is 3.36. The summed E-state index contributed by atoms with van der Waals surface area (Å²) < 4.78 is 6.40. The van der Waals surface area contributed by atoms with Gasteiger partial charge >= 0.3 is 0 Å². The number of benzene rings is 4. The van der Waals surface area contributed by atoms with Crippen LogP contribution in [0.1, 0.15) is 23.6 Å². The minimum Gasteiger partial charge on any atom is -0.497 e. The number of Topliss-reactive ketones (excluding diaryl/α,β-unsaturated/α-hetero) is 1. The lowest BCUT2D eigenvalue weighted by atomic mass is 9.93. The molecule has 4 aromatic rings. The van der Waals surface area contributed by atoms with E-state index in [1.807, 2.05) is 88.9 Å². The topological polar surface area (TPSA) is 57.5 Å². The number of hydrogen-bond donors (Lipinski definition) is 0. The maximum atomic E-state index is 12.8. The predicted octanol–water partition coefficient (Wildman–Crippen LogP) is 7.00.